The van der Waals surface area contributed by atoms with Crippen molar-refractivity contribution in [2.45, 2.75) is 20.4 Å². The van der Waals surface area contributed by atoms with Crippen LogP contribution in [0, 0.1) is 13.8 Å². The van der Waals surface area contributed by atoms with Crippen LogP contribution in [-0.4, -0.2) is 42.0 Å². The average Bonchev–Trinajstić information content (AvgIpc) is 2.61. The predicted molar refractivity (Wildman–Crippen MR) is 103 cm³/mol. The Labute approximate surface area is 154 Å². The fourth-order valence-electron chi connectivity index (χ4n) is 3.07. The minimum atomic E-state index is -0.0547. The number of halogens is 1. The van der Waals surface area contributed by atoms with E-state index in [2.05, 4.69) is 41.4 Å². The van der Waals surface area contributed by atoms with Crippen LogP contribution < -0.4 is 5.32 Å². The lowest BCUT2D eigenvalue weighted by molar-refractivity contribution is 0.143. The molecule has 1 aliphatic rings. The zero-order chi connectivity index (χ0) is 17.8. The normalized spacial score (nSPS) is 15.2. The van der Waals surface area contributed by atoms with Crippen LogP contribution in [0.3, 0.4) is 0 Å². The summed E-state index contributed by atoms with van der Waals surface area (Å²) in [5.41, 5.74) is 4.35. The summed E-state index contributed by atoms with van der Waals surface area (Å²) in [6.07, 6.45) is 0. The van der Waals surface area contributed by atoms with Crippen molar-refractivity contribution in [2.75, 3.05) is 31.5 Å². The zero-order valence-corrected chi connectivity index (χ0v) is 15.5. The molecule has 2 amide bonds. The molecule has 0 spiro atoms. The monoisotopic (exact) mass is 357 g/mol. The van der Waals surface area contributed by atoms with E-state index in [1.54, 1.807) is 0 Å². The van der Waals surface area contributed by atoms with Gasteiger partial charge in [-0.05, 0) is 42.7 Å². The molecular weight excluding hydrogens is 334 g/mol. The summed E-state index contributed by atoms with van der Waals surface area (Å²) < 4.78 is 0. The number of hydrogen-bond acceptors (Lipinski definition) is 2. The molecular formula is C20H24ClN3O. The van der Waals surface area contributed by atoms with Crippen molar-refractivity contribution in [1.29, 1.82) is 0 Å². The Hall–Kier alpha value is -2.04. The third-order valence-electron chi connectivity index (χ3n) is 4.82. The van der Waals surface area contributed by atoms with Crippen molar-refractivity contribution < 1.29 is 4.79 Å². The first-order valence-corrected chi connectivity index (χ1v) is 9.00. The summed E-state index contributed by atoms with van der Waals surface area (Å²) in [4.78, 5) is 16.8. The number of hydrogen-bond donors (Lipinski definition) is 1. The Morgan fingerprint density at radius 3 is 2.48 bits per heavy atom. The Balaban J connectivity index is 1.54. The molecule has 0 unspecified atom stereocenters. The van der Waals surface area contributed by atoms with Crippen molar-refractivity contribution in [3.8, 4) is 0 Å². The van der Waals surface area contributed by atoms with Crippen LogP contribution in [0.4, 0.5) is 10.5 Å². The van der Waals surface area contributed by atoms with Gasteiger partial charge in [-0.3, -0.25) is 4.90 Å². The molecule has 0 bridgehead atoms. The number of anilines is 1. The van der Waals surface area contributed by atoms with E-state index in [0.29, 0.717) is 5.02 Å². The lowest BCUT2D eigenvalue weighted by atomic mass is 10.1. The van der Waals surface area contributed by atoms with Crippen molar-refractivity contribution in [2.24, 2.45) is 0 Å². The molecule has 0 radical (unpaired) electrons. The average molecular weight is 358 g/mol. The van der Waals surface area contributed by atoms with Gasteiger partial charge < -0.3 is 10.2 Å². The van der Waals surface area contributed by atoms with Crippen LogP contribution in [0.15, 0.2) is 42.5 Å². The molecule has 132 valence electrons. The number of carbonyl (C=O) groups is 1. The fourth-order valence-corrected chi connectivity index (χ4v) is 3.25. The summed E-state index contributed by atoms with van der Waals surface area (Å²) in [5, 5.41) is 3.65. The molecule has 2 aromatic rings. The largest absolute Gasteiger partial charge is 0.322 e. The van der Waals surface area contributed by atoms with Gasteiger partial charge in [-0.2, -0.15) is 0 Å². The summed E-state index contributed by atoms with van der Waals surface area (Å²) in [7, 11) is 0. The molecule has 1 heterocycles. The van der Waals surface area contributed by atoms with E-state index in [9.17, 15) is 4.79 Å². The molecule has 5 heteroatoms. The van der Waals surface area contributed by atoms with Crippen LogP contribution in [0.25, 0.3) is 0 Å². The molecule has 4 nitrogen and oxygen atoms in total. The number of aryl methyl sites for hydroxylation is 1. The van der Waals surface area contributed by atoms with Gasteiger partial charge in [0.15, 0.2) is 0 Å². The van der Waals surface area contributed by atoms with Gasteiger partial charge in [0.1, 0.15) is 0 Å². The molecule has 1 fully saturated rings. The third-order valence-corrected chi connectivity index (χ3v) is 5.23. The minimum Gasteiger partial charge on any atom is -0.322 e. The molecule has 0 aliphatic carbocycles. The molecule has 1 aliphatic heterocycles. The molecule has 1 N–H and O–H groups in total. The number of benzene rings is 2. The number of amides is 2. The summed E-state index contributed by atoms with van der Waals surface area (Å²) in [5.74, 6) is 0. The second kappa shape index (κ2) is 7.89. The molecule has 25 heavy (non-hydrogen) atoms. The Bertz CT molecular complexity index is 754. The molecule has 0 atom stereocenters. The van der Waals surface area contributed by atoms with E-state index in [-0.39, 0.29) is 6.03 Å². The van der Waals surface area contributed by atoms with Crippen molar-refractivity contribution in [1.82, 2.24) is 9.80 Å². The number of nitrogens with one attached hydrogen (secondary N) is 1. The van der Waals surface area contributed by atoms with E-state index in [0.717, 1.165) is 44.0 Å². The van der Waals surface area contributed by atoms with Crippen molar-refractivity contribution >= 4 is 23.3 Å². The summed E-state index contributed by atoms with van der Waals surface area (Å²) in [6, 6.07) is 14.0. The highest BCUT2D eigenvalue weighted by Gasteiger charge is 2.22. The highest BCUT2D eigenvalue weighted by molar-refractivity contribution is 6.31. The summed E-state index contributed by atoms with van der Waals surface area (Å²) in [6.45, 7) is 8.24. The van der Waals surface area contributed by atoms with E-state index < -0.39 is 0 Å². The quantitative estimate of drug-likeness (QED) is 0.888. The second-order valence-electron chi connectivity index (χ2n) is 6.53. The van der Waals surface area contributed by atoms with Gasteiger partial charge in [-0.1, -0.05) is 41.9 Å². The maximum Gasteiger partial charge on any atom is 0.321 e. The lowest BCUT2D eigenvalue weighted by Gasteiger charge is -2.35. The maximum atomic E-state index is 12.5. The van der Waals surface area contributed by atoms with E-state index in [1.807, 2.05) is 30.0 Å². The van der Waals surface area contributed by atoms with Gasteiger partial charge in [0.05, 0.1) is 0 Å². The van der Waals surface area contributed by atoms with E-state index >= 15 is 0 Å². The number of urea groups is 1. The summed E-state index contributed by atoms with van der Waals surface area (Å²) >= 11 is 6.12. The topological polar surface area (TPSA) is 35.6 Å². The second-order valence-corrected chi connectivity index (χ2v) is 6.94. The zero-order valence-electron chi connectivity index (χ0n) is 14.8. The van der Waals surface area contributed by atoms with Gasteiger partial charge in [0.25, 0.3) is 0 Å². The Kier molecular flexibility index (Phi) is 5.61. The van der Waals surface area contributed by atoms with Crippen LogP contribution in [0.2, 0.25) is 5.02 Å². The SMILES string of the molecule is Cc1ccccc1CN1CCN(C(=O)Nc2cccc(Cl)c2C)CC1. The van der Waals surface area contributed by atoms with E-state index in [1.165, 1.54) is 11.1 Å². The number of nitrogens with zero attached hydrogens (tertiary/aromatic N) is 2. The van der Waals surface area contributed by atoms with Crippen LogP contribution in [0.5, 0.6) is 0 Å². The molecule has 1 saturated heterocycles. The molecule has 0 saturated carbocycles. The smallest absolute Gasteiger partial charge is 0.321 e. The molecule has 3 rings (SSSR count). The number of rotatable bonds is 3. The Morgan fingerprint density at radius 1 is 1.04 bits per heavy atom. The van der Waals surface area contributed by atoms with Gasteiger partial charge in [-0.25, -0.2) is 4.79 Å². The first kappa shape index (κ1) is 17.8. The van der Waals surface area contributed by atoms with Crippen LogP contribution >= 0.6 is 11.6 Å². The Morgan fingerprint density at radius 2 is 1.76 bits per heavy atom. The maximum absolute atomic E-state index is 12.5. The van der Waals surface area contributed by atoms with Crippen molar-refractivity contribution in [3.05, 3.63) is 64.2 Å². The minimum absolute atomic E-state index is 0.0547. The number of carbonyl (C=O) groups excluding carboxylic acids is 1. The van der Waals surface area contributed by atoms with Crippen LogP contribution in [-0.2, 0) is 6.54 Å². The van der Waals surface area contributed by atoms with Gasteiger partial charge in [0, 0.05) is 43.4 Å². The first-order valence-electron chi connectivity index (χ1n) is 8.62. The highest BCUT2D eigenvalue weighted by Crippen LogP contribution is 2.23. The fraction of sp³-hybridized carbons (Fsp3) is 0.350. The third kappa shape index (κ3) is 4.33. The van der Waals surface area contributed by atoms with Gasteiger partial charge in [-0.15, -0.1) is 0 Å². The van der Waals surface area contributed by atoms with Gasteiger partial charge in [0.2, 0.25) is 0 Å². The highest BCUT2D eigenvalue weighted by atomic mass is 35.5. The first-order chi connectivity index (χ1) is 12.0. The van der Waals surface area contributed by atoms with E-state index in [4.69, 9.17) is 11.6 Å². The standard InChI is InChI=1S/C20H24ClN3O/c1-15-6-3-4-7-17(15)14-23-10-12-24(13-11-23)20(25)22-19-9-5-8-18(21)16(19)2/h3-9H,10-14H2,1-2H3,(H,22,25). The lowest BCUT2D eigenvalue weighted by Crippen LogP contribution is -2.49. The predicted octanol–water partition coefficient (Wildman–Crippen LogP) is 4.31. The van der Waals surface area contributed by atoms with Crippen LogP contribution in [0.1, 0.15) is 16.7 Å². The molecule has 0 aromatic heterocycles. The van der Waals surface area contributed by atoms with Crippen molar-refractivity contribution in [3.63, 3.8) is 0 Å². The molecule has 2 aromatic carbocycles. The number of piperazine rings is 1. The van der Waals surface area contributed by atoms with Gasteiger partial charge >= 0.3 is 6.03 Å².